The molecule has 210 valence electrons. The Labute approximate surface area is 240 Å². The summed E-state index contributed by atoms with van der Waals surface area (Å²) >= 11 is 1.43. The molecule has 0 atom stereocenters. The zero-order valence-electron chi connectivity index (χ0n) is 22.9. The molecule has 0 unspecified atom stereocenters. The van der Waals surface area contributed by atoms with E-state index in [0.29, 0.717) is 53.7 Å². The van der Waals surface area contributed by atoms with E-state index in [2.05, 4.69) is 31.6 Å². The molecule has 3 amide bonds. The summed E-state index contributed by atoms with van der Waals surface area (Å²) in [6, 6.07) is 17.1. The summed E-state index contributed by atoms with van der Waals surface area (Å²) in [4.78, 5) is 38.4. The summed E-state index contributed by atoms with van der Waals surface area (Å²) in [5.41, 5.74) is 6.49. The molecule has 0 aliphatic carbocycles. The number of hydrogen-bond acceptors (Lipinski definition) is 8. The number of carbonyl (C=O) groups is 3. The van der Waals surface area contributed by atoms with E-state index in [1.54, 1.807) is 31.0 Å². The molecule has 0 spiro atoms. The molecular formula is C29H30N8O3S. The highest BCUT2D eigenvalue weighted by Gasteiger charge is 2.20. The molecule has 2 aromatic heterocycles. The normalized spacial score (nSPS) is 13.5. The number of benzene rings is 2. The number of nitrogens with one attached hydrogen (secondary N) is 4. The average Bonchev–Trinajstić information content (AvgIpc) is 3.58. The highest BCUT2D eigenvalue weighted by atomic mass is 32.1. The van der Waals surface area contributed by atoms with Crippen LogP contribution in [0.2, 0.25) is 0 Å². The van der Waals surface area contributed by atoms with E-state index in [4.69, 9.17) is 0 Å². The van der Waals surface area contributed by atoms with Gasteiger partial charge >= 0.3 is 0 Å². The molecule has 0 saturated carbocycles. The van der Waals surface area contributed by atoms with E-state index < -0.39 is 0 Å². The first-order valence-corrected chi connectivity index (χ1v) is 13.8. The van der Waals surface area contributed by atoms with Gasteiger partial charge in [0.05, 0.1) is 40.7 Å². The zero-order chi connectivity index (χ0) is 28.9. The molecule has 12 heteroatoms. The van der Waals surface area contributed by atoms with Crippen molar-refractivity contribution in [3.05, 3.63) is 82.5 Å². The van der Waals surface area contributed by atoms with E-state index in [0.717, 1.165) is 27.2 Å². The van der Waals surface area contributed by atoms with Crippen molar-refractivity contribution < 1.29 is 14.4 Å². The minimum Gasteiger partial charge on any atom is -0.386 e. The molecule has 0 radical (unpaired) electrons. The lowest BCUT2D eigenvalue weighted by atomic mass is 10.1. The van der Waals surface area contributed by atoms with Crippen molar-refractivity contribution in [1.29, 1.82) is 0 Å². The van der Waals surface area contributed by atoms with Crippen LogP contribution in [0.25, 0.3) is 10.1 Å². The largest absolute Gasteiger partial charge is 0.386 e. The highest BCUT2D eigenvalue weighted by Crippen LogP contribution is 2.29. The SMILES string of the molecule is CNc1ccc(C(/C=C(\C)Nc2cc3n(n2)CCN(C(C)=O)C3)=N/NC=O)cc1NC(=O)c1cc2ccccc2s1. The standard InChI is InChI=1S/C29H30N8O3S/c1-18(32-28-15-22-16-36(19(2)39)10-11-37(22)35-28)12-24(34-31-17-38)20-8-9-23(30-3)25(13-20)33-29(40)27-14-21-6-4-5-7-26(21)41-27/h4-9,12-15,17,30H,10-11,16H2,1-3H3,(H,31,38)(H,32,35)(H,33,40)/b18-12+,34-24+. The van der Waals surface area contributed by atoms with Gasteiger partial charge in [-0.05, 0) is 42.7 Å². The van der Waals surface area contributed by atoms with Gasteiger partial charge in [-0.25, -0.2) is 5.43 Å². The highest BCUT2D eigenvalue weighted by molar-refractivity contribution is 7.20. The smallest absolute Gasteiger partial charge is 0.265 e. The Morgan fingerprint density at radius 1 is 1.02 bits per heavy atom. The molecule has 0 bridgehead atoms. The second-order valence-corrected chi connectivity index (χ2v) is 10.6. The number of nitrogens with zero attached hydrogens (tertiary/aromatic N) is 4. The van der Waals surface area contributed by atoms with Crippen LogP contribution in [0, 0.1) is 0 Å². The molecule has 4 aromatic rings. The van der Waals surface area contributed by atoms with Crippen LogP contribution >= 0.6 is 11.3 Å². The number of anilines is 3. The van der Waals surface area contributed by atoms with Crippen molar-refractivity contribution >= 4 is 62.6 Å². The van der Waals surface area contributed by atoms with Crippen LogP contribution < -0.4 is 21.4 Å². The summed E-state index contributed by atoms with van der Waals surface area (Å²) in [7, 11) is 1.78. The van der Waals surface area contributed by atoms with Crippen LogP contribution in [-0.2, 0) is 22.7 Å². The lowest BCUT2D eigenvalue weighted by Crippen LogP contribution is -2.36. The molecule has 4 N–H and O–H groups in total. The summed E-state index contributed by atoms with van der Waals surface area (Å²) in [6.45, 7) is 5.19. The molecule has 3 heterocycles. The lowest BCUT2D eigenvalue weighted by molar-refractivity contribution is -0.130. The third kappa shape index (κ3) is 6.28. The fraction of sp³-hybridized carbons (Fsp3) is 0.207. The zero-order valence-corrected chi connectivity index (χ0v) is 23.7. The minimum atomic E-state index is -0.218. The van der Waals surface area contributed by atoms with Gasteiger partial charge in [0.1, 0.15) is 0 Å². The Morgan fingerprint density at radius 3 is 2.61 bits per heavy atom. The predicted octanol–water partition coefficient (Wildman–Crippen LogP) is 4.22. The Kier molecular flexibility index (Phi) is 8.11. The maximum absolute atomic E-state index is 13.2. The summed E-state index contributed by atoms with van der Waals surface area (Å²) < 4.78 is 2.93. The first-order chi connectivity index (χ1) is 19.8. The predicted molar refractivity (Wildman–Crippen MR) is 162 cm³/mol. The monoisotopic (exact) mass is 570 g/mol. The molecular weight excluding hydrogens is 540 g/mol. The van der Waals surface area contributed by atoms with E-state index in [9.17, 15) is 14.4 Å². The topological polar surface area (TPSA) is 133 Å². The number of aromatic nitrogens is 2. The molecule has 0 saturated heterocycles. The van der Waals surface area contributed by atoms with E-state index in [-0.39, 0.29) is 11.8 Å². The molecule has 1 aliphatic rings. The Balaban J connectivity index is 1.38. The second-order valence-electron chi connectivity index (χ2n) is 9.49. The number of rotatable bonds is 9. The van der Waals surface area contributed by atoms with E-state index in [1.165, 1.54) is 11.3 Å². The molecule has 2 aromatic carbocycles. The van der Waals surface area contributed by atoms with Gasteiger partial charge in [-0.15, -0.1) is 11.3 Å². The number of hydrogen-bond donors (Lipinski definition) is 4. The van der Waals surface area contributed by atoms with Crippen molar-refractivity contribution in [3.63, 3.8) is 0 Å². The Bertz CT molecular complexity index is 1650. The van der Waals surface area contributed by atoms with Crippen LogP contribution in [0.15, 0.2) is 71.5 Å². The van der Waals surface area contributed by atoms with Crippen molar-refractivity contribution in [2.45, 2.75) is 26.9 Å². The van der Waals surface area contributed by atoms with Gasteiger partial charge in [-0.2, -0.15) is 10.2 Å². The first-order valence-electron chi connectivity index (χ1n) is 13.0. The van der Waals surface area contributed by atoms with Crippen LogP contribution in [-0.4, -0.2) is 52.2 Å². The number of allylic oxidation sites excluding steroid dienone is 2. The van der Waals surface area contributed by atoms with Crippen molar-refractivity contribution in [2.75, 3.05) is 29.5 Å². The van der Waals surface area contributed by atoms with Crippen molar-refractivity contribution in [3.8, 4) is 0 Å². The Hall–Kier alpha value is -4.97. The maximum atomic E-state index is 13.2. The third-order valence-corrected chi connectivity index (χ3v) is 7.76. The molecule has 0 fully saturated rings. The van der Waals surface area contributed by atoms with Gasteiger partial charge in [0, 0.05) is 42.5 Å². The van der Waals surface area contributed by atoms with Gasteiger partial charge in [0.2, 0.25) is 12.3 Å². The lowest BCUT2D eigenvalue weighted by Gasteiger charge is -2.26. The fourth-order valence-corrected chi connectivity index (χ4v) is 5.58. The molecule has 1 aliphatic heterocycles. The molecule has 5 rings (SSSR count). The van der Waals surface area contributed by atoms with E-state index >= 15 is 0 Å². The third-order valence-electron chi connectivity index (χ3n) is 6.64. The maximum Gasteiger partial charge on any atom is 0.265 e. The fourth-order valence-electron chi connectivity index (χ4n) is 4.62. The second kappa shape index (κ2) is 12.0. The van der Waals surface area contributed by atoms with Crippen LogP contribution in [0.4, 0.5) is 17.2 Å². The van der Waals surface area contributed by atoms with Gasteiger partial charge in [-0.3, -0.25) is 19.1 Å². The quantitative estimate of drug-likeness (QED) is 0.135. The average molecular weight is 571 g/mol. The Morgan fingerprint density at radius 2 is 1.85 bits per heavy atom. The van der Waals surface area contributed by atoms with Gasteiger partial charge < -0.3 is 20.9 Å². The van der Waals surface area contributed by atoms with Crippen molar-refractivity contribution in [2.24, 2.45) is 5.10 Å². The van der Waals surface area contributed by atoms with Gasteiger partial charge in [0.15, 0.2) is 5.82 Å². The summed E-state index contributed by atoms with van der Waals surface area (Å²) in [5.74, 6) is 0.462. The van der Waals surface area contributed by atoms with Gasteiger partial charge in [-0.1, -0.05) is 24.3 Å². The molecule has 11 nitrogen and oxygen atoms in total. The van der Waals surface area contributed by atoms with Crippen LogP contribution in [0.3, 0.4) is 0 Å². The van der Waals surface area contributed by atoms with Gasteiger partial charge in [0.25, 0.3) is 5.91 Å². The van der Waals surface area contributed by atoms with Crippen LogP contribution in [0.1, 0.15) is 34.8 Å². The van der Waals surface area contributed by atoms with Crippen molar-refractivity contribution in [1.82, 2.24) is 20.1 Å². The summed E-state index contributed by atoms with van der Waals surface area (Å²) in [5, 5.41) is 19.2. The number of amides is 3. The number of carbonyl (C=O) groups excluding carboxylic acids is 3. The van der Waals surface area contributed by atoms with Crippen LogP contribution in [0.5, 0.6) is 0 Å². The summed E-state index contributed by atoms with van der Waals surface area (Å²) in [6.07, 6.45) is 2.27. The van der Waals surface area contributed by atoms with E-state index in [1.807, 2.05) is 60.1 Å². The number of hydrazone groups is 1. The number of fused-ring (bicyclic) bond motifs is 2. The first kappa shape index (κ1) is 27.6. The number of thiophene rings is 1. The minimum absolute atomic E-state index is 0.0373. The molecule has 41 heavy (non-hydrogen) atoms.